The predicted octanol–water partition coefficient (Wildman–Crippen LogP) is 6.56. The number of rotatable bonds is 11. The number of hydrogen-bond donors (Lipinski definition) is 0. The fourth-order valence-electron chi connectivity index (χ4n) is 3.26. The van der Waals surface area contributed by atoms with Crippen molar-refractivity contribution in [2.75, 3.05) is 7.11 Å². The lowest BCUT2D eigenvalue weighted by Crippen LogP contribution is -2.26. The molecule has 2 aromatic carbocycles. The zero-order valence-electron chi connectivity index (χ0n) is 22.7. The molecule has 0 spiro atoms. The van der Waals surface area contributed by atoms with Gasteiger partial charge in [-0.1, -0.05) is 55.4 Å². The van der Waals surface area contributed by atoms with Gasteiger partial charge in [0.05, 0.1) is 7.11 Å². The summed E-state index contributed by atoms with van der Waals surface area (Å²) in [7, 11) is -0.153. The van der Waals surface area contributed by atoms with Crippen molar-refractivity contribution >= 4 is 36.8 Å². The monoisotopic (exact) mass is 512 g/mol. The summed E-state index contributed by atoms with van der Waals surface area (Å²) in [5.41, 5.74) is 2.07. The second kappa shape index (κ2) is 10.6. The average molecular weight is 513 g/mol. The minimum atomic E-state index is -0.887. The number of carbonyl (C=O) groups excluding carboxylic acids is 1. The summed E-state index contributed by atoms with van der Waals surface area (Å²) in [6.07, 6.45) is 0.816. The maximum atomic E-state index is 11.3. The summed E-state index contributed by atoms with van der Waals surface area (Å²) in [5.74, 6) is 3.93. The highest BCUT2D eigenvalue weighted by Gasteiger charge is 2.27. The first-order valence-electron chi connectivity index (χ1n) is 12.3. The van der Waals surface area contributed by atoms with Crippen LogP contribution >= 0.6 is 0 Å². The van der Waals surface area contributed by atoms with Gasteiger partial charge in [0.25, 0.3) is 0 Å². The normalized spacial score (nSPS) is 13.1. The Hall–Kier alpha value is -2.52. The van der Waals surface area contributed by atoms with Crippen molar-refractivity contribution in [1.82, 2.24) is 0 Å². The van der Waals surface area contributed by atoms with Crippen LogP contribution in [-0.4, -0.2) is 32.9 Å². The zero-order chi connectivity index (χ0) is 26.0. The highest BCUT2D eigenvalue weighted by Crippen LogP contribution is 2.41. The molecule has 0 fully saturated rings. The fourth-order valence-corrected chi connectivity index (χ4v) is 5.44. The molecule has 190 valence electrons. The van der Waals surface area contributed by atoms with Crippen molar-refractivity contribution in [3.8, 4) is 28.6 Å². The molecular formula is C28H40O5Si2. The number of furan rings is 1. The Balaban J connectivity index is 2.00. The fraction of sp³-hybridized carbons (Fsp3) is 0.464. The van der Waals surface area contributed by atoms with Crippen molar-refractivity contribution in [3.63, 3.8) is 0 Å². The molecule has 0 aliphatic rings. The van der Waals surface area contributed by atoms with Gasteiger partial charge in [0.15, 0.2) is 11.3 Å². The van der Waals surface area contributed by atoms with Gasteiger partial charge in [-0.25, -0.2) is 0 Å². The number of aldehydes is 1. The summed E-state index contributed by atoms with van der Waals surface area (Å²) in [6.45, 7) is 18.1. The van der Waals surface area contributed by atoms with Crippen LogP contribution in [0.2, 0.25) is 10.1 Å². The van der Waals surface area contributed by atoms with E-state index in [0.29, 0.717) is 34.5 Å². The number of hydrogen-bond acceptors (Lipinski definition) is 5. The van der Waals surface area contributed by atoms with Crippen LogP contribution in [0.5, 0.6) is 17.2 Å². The van der Waals surface area contributed by atoms with E-state index in [1.807, 2.05) is 30.3 Å². The van der Waals surface area contributed by atoms with Crippen molar-refractivity contribution in [3.05, 3.63) is 42.0 Å². The van der Waals surface area contributed by atoms with Crippen LogP contribution in [-0.2, 0) is 0 Å². The van der Waals surface area contributed by atoms with Crippen molar-refractivity contribution in [2.45, 2.75) is 65.5 Å². The molecule has 0 amide bonds. The minimum absolute atomic E-state index is 0.153. The molecule has 3 aromatic rings. The first-order valence-corrected chi connectivity index (χ1v) is 14.9. The number of fused-ring (bicyclic) bond motifs is 1. The molecule has 1 heterocycles. The lowest BCUT2D eigenvalue weighted by atomic mass is 9.99. The lowest BCUT2D eigenvalue weighted by Gasteiger charge is -2.30. The SMILES string of the molecule is COc1cc(C=O)cc2cc(-c3ccc(O[SiH2]C(C)(C)C(C)C)c(O[SiH2]C(C)(C)C(C)C)c3)oc12. The number of benzene rings is 2. The van der Waals surface area contributed by atoms with E-state index in [2.05, 4.69) is 55.4 Å². The third-order valence-corrected chi connectivity index (χ3v) is 11.5. The van der Waals surface area contributed by atoms with E-state index in [0.717, 1.165) is 28.7 Å². The van der Waals surface area contributed by atoms with E-state index in [4.69, 9.17) is 18.0 Å². The molecule has 0 atom stereocenters. The maximum absolute atomic E-state index is 11.3. The first kappa shape index (κ1) is 27.1. The molecule has 7 heteroatoms. The van der Waals surface area contributed by atoms with Crippen LogP contribution in [0.3, 0.4) is 0 Å². The van der Waals surface area contributed by atoms with Crippen LogP contribution in [0.1, 0.15) is 65.7 Å². The first-order chi connectivity index (χ1) is 16.4. The van der Waals surface area contributed by atoms with Gasteiger partial charge in [-0.2, -0.15) is 0 Å². The third kappa shape index (κ3) is 6.19. The third-order valence-electron chi connectivity index (χ3n) is 7.51. The highest BCUT2D eigenvalue weighted by atomic mass is 28.2. The zero-order valence-corrected chi connectivity index (χ0v) is 25.5. The van der Waals surface area contributed by atoms with Crippen molar-refractivity contribution in [2.24, 2.45) is 11.8 Å². The largest absolute Gasteiger partial charge is 0.546 e. The molecule has 0 N–H and O–H groups in total. The van der Waals surface area contributed by atoms with Gasteiger partial charge < -0.3 is 18.0 Å². The summed E-state index contributed by atoms with van der Waals surface area (Å²) >= 11 is 0. The van der Waals surface area contributed by atoms with Crippen molar-refractivity contribution < 1.29 is 22.8 Å². The molecular weight excluding hydrogens is 472 g/mol. The van der Waals surface area contributed by atoms with E-state index in [9.17, 15) is 4.79 Å². The molecule has 5 nitrogen and oxygen atoms in total. The Morgan fingerprint density at radius 3 is 1.97 bits per heavy atom. The summed E-state index contributed by atoms with van der Waals surface area (Å²) < 4.78 is 24.6. The Morgan fingerprint density at radius 2 is 1.43 bits per heavy atom. The van der Waals surface area contributed by atoms with Crippen molar-refractivity contribution in [1.29, 1.82) is 0 Å². The topological polar surface area (TPSA) is 57.9 Å². The molecule has 0 radical (unpaired) electrons. The smallest absolute Gasteiger partial charge is 0.225 e. The molecule has 0 saturated heterocycles. The molecule has 0 unspecified atom stereocenters. The second-order valence-corrected chi connectivity index (χ2v) is 16.2. The van der Waals surface area contributed by atoms with E-state index >= 15 is 0 Å². The van der Waals surface area contributed by atoms with Crippen LogP contribution in [0.25, 0.3) is 22.3 Å². The van der Waals surface area contributed by atoms with E-state index in [1.54, 1.807) is 13.2 Å². The molecule has 1 aromatic heterocycles. The highest BCUT2D eigenvalue weighted by molar-refractivity contribution is 6.34. The van der Waals surface area contributed by atoms with Gasteiger partial charge in [-0.15, -0.1) is 0 Å². The van der Waals surface area contributed by atoms with Crippen LogP contribution in [0, 0.1) is 11.8 Å². The number of ether oxygens (including phenoxy) is 1. The number of methoxy groups -OCH3 is 1. The Bertz CT molecular complexity index is 1180. The van der Waals surface area contributed by atoms with Gasteiger partial charge in [0.1, 0.15) is 23.5 Å². The second-order valence-electron chi connectivity index (χ2n) is 11.4. The molecule has 0 aliphatic heterocycles. The predicted molar refractivity (Wildman–Crippen MR) is 150 cm³/mol. The summed E-state index contributed by atoms with van der Waals surface area (Å²) in [4.78, 5) is 11.3. The standard InChI is InChI=1S/C28H40O5Si2/c1-17(2)27(5,6)34-32-22-11-10-20(14-24(22)33-35-28(7,8)18(3)4)23-15-21-12-19(16-29)13-25(30-9)26(21)31-23/h10-18H,34-35H2,1-9H3. The van der Waals surface area contributed by atoms with Gasteiger partial charge >= 0.3 is 0 Å². The molecule has 3 rings (SSSR count). The molecule has 0 saturated carbocycles. The summed E-state index contributed by atoms with van der Waals surface area (Å²) in [5, 5.41) is 1.15. The lowest BCUT2D eigenvalue weighted by molar-refractivity contribution is 0.112. The van der Waals surface area contributed by atoms with E-state index in [-0.39, 0.29) is 10.1 Å². The van der Waals surface area contributed by atoms with E-state index < -0.39 is 19.5 Å². The number of carbonyl (C=O) groups is 1. The Kier molecular flexibility index (Phi) is 8.22. The van der Waals surface area contributed by atoms with Gasteiger partial charge in [-0.3, -0.25) is 4.79 Å². The molecule has 0 bridgehead atoms. The maximum Gasteiger partial charge on any atom is 0.225 e. The Morgan fingerprint density at radius 1 is 0.829 bits per heavy atom. The van der Waals surface area contributed by atoms with Crippen LogP contribution < -0.4 is 13.6 Å². The van der Waals surface area contributed by atoms with Crippen LogP contribution in [0.4, 0.5) is 0 Å². The van der Waals surface area contributed by atoms with E-state index in [1.165, 1.54) is 0 Å². The molecule has 35 heavy (non-hydrogen) atoms. The quantitative estimate of drug-likeness (QED) is 0.215. The average Bonchev–Trinajstić information content (AvgIpc) is 3.25. The Labute approximate surface area is 214 Å². The minimum Gasteiger partial charge on any atom is -0.546 e. The van der Waals surface area contributed by atoms with Gasteiger partial charge in [0, 0.05) is 16.5 Å². The summed E-state index contributed by atoms with van der Waals surface area (Å²) in [6, 6.07) is 11.5. The van der Waals surface area contributed by atoms with Crippen LogP contribution in [0.15, 0.2) is 40.8 Å². The van der Waals surface area contributed by atoms with Gasteiger partial charge in [-0.05, 0) is 58.3 Å². The van der Waals surface area contributed by atoms with Gasteiger partial charge in [0.2, 0.25) is 19.5 Å². The molecule has 0 aliphatic carbocycles.